The summed E-state index contributed by atoms with van der Waals surface area (Å²) in [4.78, 5) is 52.6. The molecule has 148 valence electrons. The minimum atomic E-state index is -1.30. The second kappa shape index (κ2) is 6.80. The Kier molecular flexibility index (Phi) is 4.41. The number of imide groups is 2. The van der Waals surface area contributed by atoms with Gasteiger partial charge in [-0.05, 0) is 36.2 Å². The third kappa shape index (κ3) is 2.79. The first-order valence-corrected chi connectivity index (χ1v) is 9.24. The second-order valence-electron chi connectivity index (χ2n) is 6.96. The number of hydrogen-bond donors (Lipinski definition) is 1. The van der Waals surface area contributed by atoms with Crippen molar-refractivity contribution in [3.05, 3.63) is 71.0 Å². The fraction of sp³-hybridized carbons (Fsp3) is 0.238. The van der Waals surface area contributed by atoms with Crippen molar-refractivity contribution in [3.8, 4) is 0 Å². The van der Waals surface area contributed by atoms with Crippen molar-refractivity contribution >= 4 is 23.8 Å². The van der Waals surface area contributed by atoms with Gasteiger partial charge in [0.15, 0.2) is 0 Å². The van der Waals surface area contributed by atoms with E-state index in [1.54, 1.807) is 31.2 Å². The van der Waals surface area contributed by atoms with Crippen molar-refractivity contribution in [2.45, 2.75) is 18.9 Å². The number of carbonyl (C=O) groups is 4. The molecule has 2 aliphatic rings. The number of halogens is 1. The van der Waals surface area contributed by atoms with Crippen LogP contribution in [0, 0.1) is 5.82 Å². The first-order valence-electron chi connectivity index (χ1n) is 9.24. The Morgan fingerprint density at radius 2 is 1.41 bits per heavy atom. The zero-order chi connectivity index (χ0) is 20.8. The molecule has 5 amide bonds. The topological polar surface area (TPSA) is 86.8 Å². The maximum atomic E-state index is 13.3. The minimum absolute atomic E-state index is 0.102. The van der Waals surface area contributed by atoms with E-state index in [1.165, 1.54) is 24.3 Å². The fourth-order valence-electron chi connectivity index (χ4n) is 3.85. The van der Waals surface area contributed by atoms with Crippen LogP contribution in [0.1, 0.15) is 39.6 Å². The van der Waals surface area contributed by atoms with Gasteiger partial charge in [0.2, 0.25) is 0 Å². The largest absolute Gasteiger partial charge is 0.325 e. The number of rotatable bonds is 5. The van der Waals surface area contributed by atoms with Gasteiger partial charge >= 0.3 is 6.03 Å². The van der Waals surface area contributed by atoms with Gasteiger partial charge in [0.05, 0.1) is 11.1 Å². The highest BCUT2D eigenvalue weighted by atomic mass is 19.1. The van der Waals surface area contributed by atoms with Crippen molar-refractivity contribution < 1.29 is 23.6 Å². The van der Waals surface area contributed by atoms with Crippen LogP contribution >= 0.6 is 0 Å². The van der Waals surface area contributed by atoms with Gasteiger partial charge in [-0.15, -0.1) is 0 Å². The first kappa shape index (κ1) is 18.8. The number of nitrogens with zero attached hydrogens (tertiary/aromatic N) is 2. The van der Waals surface area contributed by atoms with E-state index in [-0.39, 0.29) is 19.5 Å². The highest BCUT2D eigenvalue weighted by molar-refractivity contribution is 6.21. The molecule has 1 atom stereocenters. The molecule has 2 aliphatic heterocycles. The molecule has 2 aromatic rings. The molecule has 0 bridgehead atoms. The monoisotopic (exact) mass is 395 g/mol. The molecule has 0 saturated carbocycles. The zero-order valence-corrected chi connectivity index (χ0v) is 15.6. The standard InChI is InChI=1S/C21H18FN3O4/c1-2-21(13-7-9-14(22)10-8-13)19(28)25(20(29)23-21)12-11-24-17(26)15-5-3-4-6-16(15)18(24)27/h3-10H,2,11-12H2,1H3,(H,23,29)/t21-/m1/s1. The number of nitrogens with one attached hydrogen (secondary N) is 1. The third-order valence-corrected chi connectivity index (χ3v) is 5.47. The molecule has 1 saturated heterocycles. The molecule has 2 aromatic carbocycles. The number of hydrogen-bond acceptors (Lipinski definition) is 4. The third-order valence-electron chi connectivity index (χ3n) is 5.47. The molecule has 7 nitrogen and oxygen atoms in total. The summed E-state index contributed by atoms with van der Waals surface area (Å²) >= 11 is 0. The summed E-state index contributed by atoms with van der Waals surface area (Å²) in [7, 11) is 0. The van der Waals surface area contributed by atoms with Crippen molar-refractivity contribution in [2.24, 2.45) is 0 Å². The van der Waals surface area contributed by atoms with E-state index >= 15 is 0 Å². The van der Waals surface area contributed by atoms with Gasteiger partial charge in [-0.2, -0.15) is 0 Å². The second-order valence-corrected chi connectivity index (χ2v) is 6.96. The number of urea groups is 1. The predicted molar refractivity (Wildman–Crippen MR) is 100 cm³/mol. The van der Waals surface area contributed by atoms with Gasteiger partial charge in [-0.3, -0.25) is 24.2 Å². The number of benzene rings is 2. The molecule has 0 radical (unpaired) electrons. The summed E-state index contributed by atoms with van der Waals surface area (Å²) in [5.41, 5.74) is -0.205. The molecule has 4 rings (SSSR count). The normalized spacial score (nSPS) is 21.0. The minimum Gasteiger partial charge on any atom is -0.319 e. The SMILES string of the molecule is CC[C@]1(c2ccc(F)cc2)NC(=O)N(CCN2C(=O)c3ccccc3C2=O)C1=O. The fourth-order valence-corrected chi connectivity index (χ4v) is 3.85. The molecule has 0 aromatic heterocycles. The van der Waals surface area contributed by atoms with Crippen LogP contribution in [0.4, 0.5) is 9.18 Å². The lowest BCUT2D eigenvalue weighted by Crippen LogP contribution is -2.44. The molecule has 29 heavy (non-hydrogen) atoms. The van der Waals surface area contributed by atoms with E-state index in [2.05, 4.69) is 5.32 Å². The number of carbonyl (C=O) groups excluding carboxylic acids is 4. The van der Waals surface area contributed by atoms with E-state index in [9.17, 15) is 23.6 Å². The number of fused-ring (bicyclic) bond motifs is 1. The van der Waals surface area contributed by atoms with Gasteiger partial charge in [-0.1, -0.05) is 31.2 Å². The van der Waals surface area contributed by atoms with Crippen LogP contribution in [0.3, 0.4) is 0 Å². The lowest BCUT2D eigenvalue weighted by atomic mass is 9.87. The zero-order valence-electron chi connectivity index (χ0n) is 15.6. The van der Waals surface area contributed by atoms with Crippen LogP contribution in [0.2, 0.25) is 0 Å². The summed E-state index contributed by atoms with van der Waals surface area (Å²) in [5.74, 6) is -1.83. The summed E-state index contributed by atoms with van der Waals surface area (Å²) in [5, 5.41) is 2.69. The number of amides is 5. The predicted octanol–water partition coefficient (Wildman–Crippen LogP) is 2.28. The summed E-state index contributed by atoms with van der Waals surface area (Å²) in [6.45, 7) is 1.52. The molecular formula is C21H18FN3O4. The van der Waals surface area contributed by atoms with Crippen LogP contribution in [0.25, 0.3) is 0 Å². The molecule has 1 fully saturated rings. The van der Waals surface area contributed by atoms with E-state index in [0.29, 0.717) is 16.7 Å². The first-order chi connectivity index (χ1) is 13.9. The molecule has 8 heteroatoms. The molecule has 0 unspecified atom stereocenters. The lowest BCUT2D eigenvalue weighted by Gasteiger charge is -2.26. The average Bonchev–Trinajstić information content (AvgIpc) is 3.12. The van der Waals surface area contributed by atoms with Gasteiger partial charge in [0.25, 0.3) is 17.7 Å². The Hall–Kier alpha value is -3.55. The quantitative estimate of drug-likeness (QED) is 0.622. The van der Waals surface area contributed by atoms with Crippen LogP contribution in [-0.4, -0.2) is 46.6 Å². The summed E-state index contributed by atoms with van der Waals surface area (Å²) in [6.07, 6.45) is 0.271. The maximum Gasteiger partial charge on any atom is 0.325 e. The molecular weight excluding hydrogens is 377 g/mol. The van der Waals surface area contributed by atoms with Crippen LogP contribution in [0.15, 0.2) is 48.5 Å². The van der Waals surface area contributed by atoms with Gasteiger partial charge < -0.3 is 5.32 Å². The van der Waals surface area contributed by atoms with E-state index in [1.807, 2.05) is 0 Å². The Bertz CT molecular complexity index is 1000. The highest BCUT2D eigenvalue weighted by Gasteiger charge is 2.51. The van der Waals surface area contributed by atoms with E-state index in [4.69, 9.17) is 0 Å². The Balaban J connectivity index is 1.54. The smallest absolute Gasteiger partial charge is 0.319 e. The summed E-state index contributed by atoms with van der Waals surface area (Å²) in [6, 6.07) is 11.3. The highest BCUT2D eigenvalue weighted by Crippen LogP contribution is 2.32. The van der Waals surface area contributed by atoms with E-state index < -0.39 is 35.1 Å². The van der Waals surface area contributed by atoms with Crippen molar-refractivity contribution in [1.82, 2.24) is 15.1 Å². The van der Waals surface area contributed by atoms with Crippen LogP contribution < -0.4 is 5.32 Å². The van der Waals surface area contributed by atoms with Gasteiger partial charge in [0.1, 0.15) is 11.4 Å². The summed E-state index contributed by atoms with van der Waals surface area (Å²) < 4.78 is 13.3. The van der Waals surface area contributed by atoms with Crippen LogP contribution in [-0.2, 0) is 10.3 Å². The Morgan fingerprint density at radius 1 is 0.862 bits per heavy atom. The molecule has 0 aliphatic carbocycles. The van der Waals surface area contributed by atoms with Crippen molar-refractivity contribution in [2.75, 3.05) is 13.1 Å². The molecule has 1 N–H and O–H groups in total. The van der Waals surface area contributed by atoms with Crippen molar-refractivity contribution in [1.29, 1.82) is 0 Å². The van der Waals surface area contributed by atoms with Gasteiger partial charge in [-0.25, -0.2) is 9.18 Å². The Morgan fingerprint density at radius 3 is 1.97 bits per heavy atom. The Labute approximate surface area is 166 Å². The maximum absolute atomic E-state index is 13.3. The van der Waals surface area contributed by atoms with Crippen LogP contribution in [0.5, 0.6) is 0 Å². The van der Waals surface area contributed by atoms with E-state index in [0.717, 1.165) is 9.80 Å². The molecule has 2 heterocycles. The average molecular weight is 395 g/mol. The lowest BCUT2D eigenvalue weighted by molar-refractivity contribution is -0.131. The molecule has 0 spiro atoms. The van der Waals surface area contributed by atoms with Crippen molar-refractivity contribution in [3.63, 3.8) is 0 Å². The van der Waals surface area contributed by atoms with Gasteiger partial charge in [0, 0.05) is 13.1 Å².